The molecule has 0 saturated heterocycles. The molecule has 2 fully saturated rings. The van der Waals surface area contributed by atoms with E-state index >= 15 is 0 Å². The SMILES string of the molecule is CC(C)CN(CC1CCCCC1N)C1CCCC1. The van der Waals surface area contributed by atoms with E-state index in [0.717, 1.165) is 17.9 Å². The minimum atomic E-state index is 0.467. The Morgan fingerprint density at radius 3 is 2.22 bits per heavy atom. The molecular formula is C16H32N2. The molecule has 18 heavy (non-hydrogen) atoms. The van der Waals surface area contributed by atoms with Crippen LogP contribution in [0, 0.1) is 11.8 Å². The molecule has 2 rings (SSSR count). The fourth-order valence-electron chi connectivity index (χ4n) is 3.88. The molecule has 0 bridgehead atoms. The summed E-state index contributed by atoms with van der Waals surface area (Å²) < 4.78 is 0. The molecule has 0 amide bonds. The molecule has 2 aliphatic carbocycles. The van der Waals surface area contributed by atoms with Gasteiger partial charge in [-0.15, -0.1) is 0 Å². The van der Waals surface area contributed by atoms with Gasteiger partial charge in [0.2, 0.25) is 0 Å². The van der Waals surface area contributed by atoms with E-state index in [0.29, 0.717) is 6.04 Å². The summed E-state index contributed by atoms with van der Waals surface area (Å²) in [6.07, 6.45) is 11.1. The maximum absolute atomic E-state index is 6.33. The average molecular weight is 252 g/mol. The van der Waals surface area contributed by atoms with Crippen LogP contribution >= 0.6 is 0 Å². The smallest absolute Gasteiger partial charge is 0.00954 e. The average Bonchev–Trinajstić information content (AvgIpc) is 2.84. The monoisotopic (exact) mass is 252 g/mol. The molecule has 2 heteroatoms. The molecule has 0 spiro atoms. The summed E-state index contributed by atoms with van der Waals surface area (Å²) >= 11 is 0. The summed E-state index contributed by atoms with van der Waals surface area (Å²) in [6, 6.07) is 1.33. The van der Waals surface area contributed by atoms with Crippen LogP contribution in [-0.4, -0.2) is 30.1 Å². The Hall–Kier alpha value is -0.0800. The van der Waals surface area contributed by atoms with E-state index in [1.54, 1.807) is 0 Å². The first-order valence-electron chi connectivity index (χ1n) is 8.16. The van der Waals surface area contributed by atoms with E-state index in [-0.39, 0.29) is 0 Å². The van der Waals surface area contributed by atoms with Crippen LogP contribution in [0.25, 0.3) is 0 Å². The summed E-state index contributed by atoms with van der Waals surface area (Å²) in [4.78, 5) is 2.79. The molecule has 0 aromatic heterocycles. The van der Waals surface area contributed by atoms with Crippen molar-refractivity contribution < 1.29 is 0 Å². The van der Waals surface area contributed by atoms with Crippen LogP contribution < -0.4 is 5.73 Å². The van der Waals surface area contributed by atoms with Crippen molar-refractivity contribution in [2.24, 2.45) is 17.6 Å². The van der Waals surface area contributed by atoms with Gasteiger partial charge in [-0.1, -0.05) is 39.5 Å². The maximum Gasteiger partial charge on any atom is 0.00954 e. The van der Waals surface area contributed by atoms with Crippen LogP contribution in [-0.2, 0) is 0 Å². The Morgan fingerprint density at radius 2 is 1.61 bits per heavy atom. The fourth-order valence-corrected chi connectivity index (χ4v) is 3.88. The maximum atomic E-state index is 6.33. The molecule has 2 saturated carbocycles. The predicted molar refractivity (Wildman–Crippen MR) is 78.6 cm³/mol. The highest BCUT2D eigenvalue weighted by atomic mass is 15.2. The van der Waals surface area contributed by atoms with Gasteiger partial charge >= 0.3 is 0 Å². The molecule has 0 aromatic rings. The predicted octanol–water partition coefficient (Wildman–Crippen LogP) is 3.40. The normalized spacial score (nSPS) is 30.5. The van der Waals surface area contributed by atoms with Gasteiger partial charge in [-0.25, -0.2) is 0 Å². The molecule has 2 atom stereocenters. The minimum Gasteiger partial charge on any atom is -0.327 e. The molecule has 0 aliphatic heterocycles. The number of hydrogen-bond donors (Lipinski definition) is 1. The lowest BCUT2D eigenvalue weighted by Crippen LogP contribution is -2.45. The van der Waals surface area contributed by atoms with Crippen molar-refractivity contribution in [3.63, 3.8) is 0 Å². The molecule has 2 N–H and O–H groups in total. The first-order chi connectivity index (χ1) is 8.66. The quantitative estimate of drug-likeness (QED) is 0.812. The van der Waals surface area contributed by atoms with Gasteiger partial charge in [0.1, 0.15) is 0 Å². The molecule has 2 aliphatic rings. The van der Waals surface area contributed by atoms with Gasteiger partial charge in [-0.05, 0) is 37.5 Å². The van der Waals surface area contributed by atoms with Gasteiger partial charge in [0.15, 0.2) is 0 Å². The van der Waals surface area contributed by atoms with E-state index in [1.165, 1.54) is 64.5 Å². The van der Waals surface area contributed by atoms with Crippen molar-refractivity contribution in [3.05, 3.63) is 0 Å². The fraction of sp³-hybridized carbons (Fsp3) is 1.00. The van der Waals surface area contributed by atoms with Gasteiger partial charge in [-0.3, -0.25) is 4.90 Å². The van der Waals surface area contributed by atoms with Crippen LogP contribution in [0.15, 0.2) is 0 Å². The first-order valence-corrected chi connectivity index (χ1v) is 8.16. The van der Waals surface area contributed by atoms with Crippen LogP contribution in [0.1, 0.15) is 65.2 Å². The van der Waals surface area contributed by atoms with Crippen molar-refractivity contribution in [3.8, 4) is 0 Å². The highest BCUT2D eigenvalue weighted by molar-refractivity contribution is 4.85. The van der Waals surface area contributed by atoms with Crippen molar-refractivity contribution in [1.29, 1.82) is 0 Å². The van der Waals surface area contributed by atoms with Crippen LogP contribution in [0.2, 0.25) is 0 Å². The highest BCUT2D eigenvalue weighted by Crippen LogP contribution is 2.29. The van der Waals surface area contributed by atoms with Gasteiger partial charge in [0.05, 0.1) is 0 Å². The molecular weight excluding hydrogens is 220 g/mol. The lowest BCUT2D eigenvalue weighted by Gasteiger charge is -2.37. The van der Waals surface area contributed by atoms with Gasteiger partial charge < -0.3 is 5.73 Å². The summed E-state index contributed by atoms with van der Waals surface area (Å²) in [6.45, 7) is 7.24. The van der Waals surface area contributed by atoms with E-state index in [2.05, 4.69) is 18.7 Å². The zero-order valence-electron chi connectivity index (χ0n) is 12.4. The molecule has 106 valence electrons. The number of rotatable bonds is 5. The van der Waals surface area contributed by atoms with Crippen LogP contribution in [0.5, 0.6) is 0 Å². The second-order valence-electron chi connectivity index (χ2n) is 6.99. The third-order valence-corrected chi connectivity index (χ3v) is 4.88. The lowest BCUT2D eigenvalue weighted by molar-refractivity contribution is 0.126. The largest absolute Gasteiger partial charge is 0.327 e. The highest BCUT2D eigenvalue weighted by Gasteiger charge is 2.29. The topological polar surface area (TPSA) is 29.3 Å². The third-order valence-electron chi connectivity index (χ3n) is 4.88. The van der Waals surface area contributed by atoms with Crippen molar-refractivity contribution >= 4 is 0 Å². The lowest BCUT2D eigenvalue weighted by atomic mass is 9.84. The zero-order valence-corrected chi connectivity index (χ0v) is 12.4. The summed E-state index contributed by atoms with van der Waals surface area (Å²) in [5.74, 6) is 1.54. The summed E-state index contributed by atoms with van der Waals surface area (Å²) in [5.41, 5.74) is 6.33. The second-order valence-corrected chi connectivity index (χ2v) is 6.99. The van der Waals surface area contributed by atoms with Gasteiger partial charge in [0, 0.05) is 25.2 Å². The standard InChI is InChI=1S/C16H32N2/c1-13(2)11-18(15-8-4-5-9-15)12-14-7-3-6-10-16(14)17/h13-16H,3-12,17H2,1-2H3. The molecule has 0 heterocycles. The Bertz CT molecular complexity index is 233. The van der Waals surface area contributed by atoms with E-state index in [4.69, 9.17) is 5.73 Å². The number of nitrogens with two attached hydrogens (primary N) is 1. The van der Waals surface area contributed by atoms with E-state index in [9.17, 15) is 0 Å². The Kier molecular flexibility index (Phi) is 5.50. The molecule has 0 aromatic carbocycles. The molecule has 2 nitrogen and oxygen atoms in total. The molecule has 0 radical (unpaired) electrons. The zero-order chi connectivity index (χ0) is 13.0. The third kappa shape index (κ3) is 3.96. The Balaban J connectivity index is 1.90. The first kappa shape index (κ1) is 14.3. The van der Waals surface area contributed by atoms with Gasteiger partial charge in [0.25, 0.3) is 0 Å². The van der Waals surface area contributed by atoms with Crippen molar-refractivity contribution in [2.45, 2.75) is 77.3 Å². The summed E-state index contributed by atoms with van der Waals surface area (Å²) in [7, 11) is 0. The van der Waals surface area contributed by atoms with Crippen molar-refractivity contribution in [1.82, 2.24) is 4.90 Å². The van der Waals surface area contributed by atoms with Gasteiger partial charge in [-0.2, -0.15) is 0 Å². The number of hydrogen-bond acceptors (Lipinski definition) is 2. The van der Waals surface area contributed by atoms with E-state index in [1.807, 2.05) is 0 Å². The van der Waals surface area contributed by atoms with Crippen molar-refractivity contribution in [2.75, 3.05) is 13.1 Å². The Labute approximate surface area is 113 Å². The minimum absolute atomic E-state index is 0.467. The Morgan fingerprint density at radius 1 is 1.00 bits per heavy atom. The van der Waals surface area contributed by atoms with Crippen LogP contribution in [0.4, 0.5) is 0 Å². The second kappa shape index (κ2) is 6.91. The number of nitrogens with zero attached hydrogens (tertiary/aromatic N) is 1. The van der Waals surface area contributed by atoms with E-state index < -0.39 is 0 Å². The summed E-state index contributed by atoms with van der Waals surface area (Å²) in [5, 5.41) is 0. The van der Waals surface area contributed by atoms with Crippen LogP contribution in [0.3, 0.4) is 0 Å². The molecule has 2 unspecified atom stereocenters.